The van der Waals surface area contributed by atoms with Crippen LogP contribution in [-0.2, 0) is 4.79 Å². The zero-order valence-electron chi connectivity index (χ0n) is 9.36. The van der Waals surface area contributed by atoms with Gasteiger partial charge >= 0.3 is 0 Å². The van der Waals surface area contributed by atoms with Crippen molar-refractivity contribution in [3.63, 3.8) is 0 Å². The average molecular weight is 320 g/mol. The quantitative estimate of drug-likeness (QED) is 0.874. The largest absolute Gasteiger partial charge is 0.351 e. The fourth-order valence-electron chi connectivity index (χ4n) is 1.39. The third-order valence-electron chi connectivity index (χ3n) is 2.21. The molecule has 0 radical (unpaired) electrons. The van der Waals surface area contributed by atoms with Crippen molar-refractivity contribution in [1.29, 1.82) is 0 Å². The van der Waals surface area contributed by atoms with E-state index >= 15 is 0 Å². The summed E-state index contributed by atoms with van der Waals surface area (Å²) in [6.45, 7) is 4.37. The van der Waals surface area contributed by atoms with Crippen molar-refractivity contribution in [2.75, 3.05) is 13.1 Å². The summed E-state index contributed by atoms with van der Waals surface area (Å²) in [7, 11) is 0. The summed E-state index contributed by atoms with van der Waals surface area (Å²) in [4.78, 5) is 11.8. The minimum absolute atomic E-state index is 0. The first-order valence-electron chi connectivity index (χ1n) is 5.01. The van der Waals surface area contributed by atoms with Gasteiger partial charge in [-0.15, -0.1) is 12.4 Å². The van der Waals surface area contributed by atoms with Crippen molar-refractivity contribution in [1.82, 2.24) is 5.32 Å². The Morgan fingerprint density at radius 1 is 1.41 bits per heavy atom. The van der Waals surface area contributed by atoms with E-state index in [1.165, 1.54) is 0 Å². The van der Waals surface area contributed by atoms with Crippen molar-refractivity contribution in [3.05, 3.63) is 47.0 Å². The number of halogens is 2. The van der Waals surface area contributed by atoms with E-state index in [2.05, 4.69) is 27.8 Å². The summed E-state index contributed by atoms with van der Waals surface area (Å²) in [5.41, 5.74) is 6.55. The van der Waals surface area contributed by atoms with Gasteiger partial charge in [0.2, 0.25) is 5.91 Å². The Morgan fingerprint density at radius 2 is 2.00 bits per heavy atom. The van der Waals surface area contributed by atoms with E-state index in [9.17, 15) is 4.79 Å². The molecule has 3 nitrogen and oxygen atoms in total. The number of carbonyl (C=O) groups excluding carboxylic acids is 1. The highest BCUT2D eigenvalue weighted by Crippen LogP contribution is 2.14. The molecule has 0 heterocycles. The lowest BCUT2D eigenvalue weighted by Crippen LogP contribution is -2.34. The Labute approximate surface area is 116 Å². The molecule has 5 heteroatoms. The van der Waals surface area contributed by atoms with Crippen LogP contribution in [0.25, 0.3) is 0 Å². The molecule has 1 aromatic carbocycles. The Morgan fingerprint density at radius 3 is 2.47 bits per heavy atom. The molecule has 0 spiro atoms. The molecule has 1 atom stereocenters. The van der Waals surface area contributed by atoms with Crippen molar-refractivity contribution in [2.45, 2.75) is 5.92 Å². The van der Waals surface area contributed by atoms with Crippen molar-refractivity contribution in [3.8, 4) is 0 Å². The third kappa shape index (κ3) is 5.35. The number of hydrogen-bond donors (Lipinski definition) is 2. The molecule has 17 heavy (non-hydrogen) atoms. The number of carbonyl (C=O) groups is 1. The van der Waals surface area contributed by atoms with Crippen LogP contribution >= 0.6 is 28.3 Å². The Kier molecular flexibility index (Phi) is 7.87. The second-order valence-electron chi connectivity index (χ2n) is 3.43. The molecule has 0 aromatic heterocycles. The van der Waals surface area contributed by atoms with Gasteiger partial charge in [0.15, 0.2) is 0 Å². The molecule has 0 aliphatic rings. The topological polar surface area (TPSA) is 55.1 Å². The van der Waals surface area contributed by atoms with E-state index in [4.69, 9.17) is 5.73 Å². The molecule has 0 bridgehead atoms. The maximum atomic E-state index is 11.8. The number of nitrogens with one attached hydrogen (secondary N) is 1. The van der Waals surface area contributed by atoms with Gasteiger partial charge in [0.1, 0.15) is 0 Å². The number of nitrogens with two attached hydrogens (primary N) is 1. The molecule has 94 valence electrons. The highest BCUT2D eigenvalue weighted by Gasteiger charge is 2.17. The van der Waals surface area contributed by atoms with Gasteiger partial charge in [0.05, 0.1) is 5.92 Å². The first-order valence-corrected chi connectivity index (χ1v) is 5.80. The molecule has 0 saturated carbocycles. The summed E-state index contributed by atoms with van der Waals surface area (Å²) in [5, 5.41) is 2.77. The maximum absolute atomic E-state index is 11.8. The van der Waals surface area contributed by atoms with Crippen molar-refractivity contribution < 1.29 is 4.79 Å². The minimum atomic E-state index is -0.298. The molecular weight excluding hydrogens is 304 g/mol. The lowest BCUT2D eigenvalue weighted by Gasteiger charge is -2.14. The van der Waals surface area contributed by atoms with Crippen LogP contribution in [0.2, 0.25) is 0 Å². The van der Waals surface area contributed by atoms with Crippen LogP contribution in [0.4, 0.5) is 0 Å². The van der Waals surface area contributed by atoms with Crippen LogP contribution in [0.3, 0.4) is 0 Å². The molecule has 0 aliphatic heterocycles. The standard InChI is InChI=1S/C12H15BrN2O.ClH/c1-9(13)8-15-12(16)11(7-14)10-5-3-2-4-6-10;/h2-6,11H,1,7-8,14H2,(H,15,16);1H. The first kappa shape index (κ1) is 16.2. The molecule has 1 aromatic rings. The van der Waals surface area contributed by atoms with E-state index in [-0.39, 0.29) is 24.2 Å². The van der Waals surface area contributed by atoms with Gasteiger partial charge in [-0.1, -0.05) is 52.8 Å². The van der Waals surface area contributed by atoms with Gasteiger partial charge in [-0.3, -0.25) is 4.79 Å². The summed E-state index contributed by atoms with van der Waals surface area (Å²) < 4.78 is 0.740. The van der Waals surface area contributed by atoms with Crippen LogP contribution < -0.4 is 11.1 Å². The maximum Gasteiger partial charge on any atom is 0.229 e. The van der Waals surface area contributed by atoms with E-state index < -0.39 is 0 Å². The predicted octanol–water partition coefficient (Wildman–Crippen LogP) is 2.18. The SMILES string of the molecule is C=C(Br)CNC(=O)C(CN)c1ccccc1.Cl. The van der Waals surface area contributed by atoms with Crippen LogP contribution in [0.1, 0.15) is 11.5 Å². The van der Waals surface area contributed by atoms with Crippen LogP contribution in [0, 0.1) is 0 Å². The van der Waals surface area contributed by atoms with Crippen molar-refractivity contribution in [2.24, 2.45) is 5.73 Å². The Hall–Kier alpha value is -0.840. The highest BCUT2D eigenvalue weighted by molar-refractivity contribution is 9.11. The zero-order chi connectivity index (χ0) is 12.0. The minimum Gasteiger partial charge on any atom is -0.351 e. The fraction of sp³-hybridized carbons (Fsp3) is 0.250. The highest BCUT2D eigenvalue weighted by atomic mass is 79.9. The monoisotopic (exact) mass is 318 g/mol. The molecule has 1 amide bonds. The number of amides is 1. The van der Waals surface area contributed by atoms with E-state index in [0.717, 1.165) is 10.0 Å². The fourth-order valence-corrected chi connectivity index (χ4v) is 1.53. The lowest BCUT2D eigenvalue weighted by atomic mass is 9.98. The molecule has 1 unspecified atom stereocenters. The summed E-state index contributed by atoms with van der Waals surface area (Å²) in [5.74, 6) is -0.373. The molecular formula is C12H16BrClN2O. The van der Waals surface area contributed by atoms with Gasteiger partial charge in [-0.25, -0.2) is 0 Å². The van der Waals surface area contributed by atoms with Crippen LogP contribution in [0.5, 0.6) is 0 Å². The van der Waals surface area contributed by atoms with Crippen LogP contribution in [0.15, 0.2) is 41.4 Å². The summed E-state index contributed by atoms with van der Waals surface area (Å²) >= 11 is 3.19. The molecule has 0 saturated heterocycles. The molecule has 1 rings (SSSR count). The van der Waals surface area contributed by atoms with E-state index in [0.29, 0.717) is 13.1 Å². The number of benzene rings is 1. The summed E-state index contributed by atoms with van der Waals surface area (Å²) in [6, 6.07) is 9.51. The van der Waals surface area contributed by atoms with Crippen molar-refractivity contribution >= 4 is 34.2 Å². The normalized spacial score (nSPS) is 11.2. The third-order valence-corrected chi connectivity index (χ3v) is 2.49. The number of hydrogen-bond acceptors (Lipinski definition) is 2. The average Bonchev–Trinajstić information content (AvgIpc) is 2.29. The lowest BCUT2D eigenvalue weighted by molar-refractivity contribution is -0.122. The van der Waals surface area contributed by atoms with Crippen LogP contribution in [-0.4, -0.2) is 19.0 Å². The van der Waals surface area contributed by atoms with Gasteiger partial charge in [0, 0.05) is 17.6 Å². The van der Waals surface area contributed by atoms with Gasteiger partial charge < -0.3 is 11.1 Å². The zero-order valence-corrected chi connectivity index (χ0v) is 11.8. The predicted molar refractivity (Wildman–Crippen MR) is 76.6 cm³/mol. The Balaban J connectivity index is 0.00000256. The summed E-state index contributed by atoms with van der Waals surface area (Å²) in [6.07, 6.45) is 0. The van der Waals surface area contributed by atoms with E-state index in [1.807, 2.05) is 30.3 Å². The number of rotatable bonds is 5. The first-order chi connectivity index (χ1) is 7.65. The molecule has 0 aliphatic carbocycles. The second kappa shape index (κ2) is 8.28. The van der Waals surface area contributed by atoms with Gasteiger partial charge in [-0.2, -0.15) is 0 Å². The molecule has 0 fully saturated rings. The van der Waals surface area contributed by atoms with Gasteiger partial charge in [0.25, 0.3) is 0 Å². The Bertz CT molecular complexity index is 370. The van der Waals surface area contributed by atoms with E-state index in [1.54, 1.807) is 0 Å². The smallest absolute Gasteiger partial charge is 0.229 e. The van der Waals surface area contributed by atoms with Gasteiger partial charge in [-0.05, 0) is 5.56 Å². The molecule has 3 N–H and O–H groups in total. The second-order valence-corrected chi connectivity index (χ2v) is 4.56.